The Hall–Kier alpha value is -0.890. The molecule has 1 aliphatic carbocycles. The van der Waals surface area contributed by atoms with Gasteiger partial charge in [-0.05, 0) is 73.2 Å². The lowest BCUT2D eigenvalue weighted by atomic mass is 9.65. The highest BCUT2D eigenvalue weighted by Crippen LogP contribution is 2.46. The van der Waals surface area contributed by atoms with Gasteiger partial charge in [-0.15, -0.1) is 0 Å². The fourth-order valence-electron chi connectivity index (χ4n) is 3.29. The van der Waals surface area contributed by atoms with E-state index >= 15 is 0 Å². The molecule has 1 aromatic carbocycles. The van der Waals surface area contributed by atoms with Crippen LogP contribution < -0.4 is 5.73 Å². The highest BCUT2D eigenvalue weighted by Gasteiger charge is 2.35. The predicted molar refractivity (Wildman–Crippen MR) is 74.1 cm³/mol. The van der Waals surface area contributed by atoms with Crippen molar-refractivity contribution >= 4 is 0 Å². The van der Waals surface area contributed by atoms with Gasteiger partial charge in [0, 0.05) is 0 Å². The van der Waals surface area contributed by atoms with Crippen molar-refractivity contribution in [2.75, 3.05) is 6.54 Å². The molecule has 2 rings (SSSR count). The topological polar surface area (TPSA) is 26.0 Å². The van der Waals surface area contributed by atoms with Crippen molar-refractivity contribution in [3.63, 3.8) is 0 Å². The van der Waals surface area contributed by atoms with Crippen molar-refractivity contribution < 1.29 is 4.39 Å². The molecule has 0 aliphatic heterocycles. The molecular formula is C16H24FN. The molecule has 0 aromatic heterocycles. The molecule has 0 amide bonds. The molecule has 1 fully saturated rings. The molecule has 2 N–H and O–H groups in total. The smallest absolute Gasteiger partial charge is 0.123 e. The summed E-state index contributed by atoms with van der Waals surface area (Å²) in [6.07, 6.45) is 3.49. The van der Waals surface area contributed by atoms with Crippen LogP contribution in [0.1, 0.15) is 50.2 Å². The molecule has 0 heterocycles. The lowest BCUT2D eigenvalue weighted by molar-refractivity contribution is 0.165. The van der Waals surface area contributed by atoms with Crippen LogP contribution in [-0.2, 0) is 0 Å². The SMILES string of the molecule is Cc1cc(F)cc(C2CC(C)(C)CCC2CN)c1. The Morgan fingerprint density at radius 2 is 2.06 bits per heavy atom. The summed E-state index contributed by atoms with van der Waals surface area (Å²) in [7, 11) is 0. The molecule has 0 radical (unpaired) electrons. The van der Waals surface area contributed by atoms with E-state index in [2.05, 4.69) is 19.9 Å². The first-order valence-corrected chi connectivity index (χ1v) is 6.88. The zero-order chi connectivity index (χ0) is 13.3. The largest absolute Gasteiger partial charge is 0.330 e. The summed E-state index contributed by atoms with van der Waals surface area (Å²) >= 11 is 0. The van der Waals surface area contributed by atoms with E-state index in [9.17, 15) is 4.39 Å². The van der Waals surface area contributed by atoms with Gasteiger partial charge in [0.25, 0.3) is 0 Å². The Balaban J connectivity index is 2.32. The van der Waals surface area contributed by atoms with Crippen molar-refractivity contribution in [3.8, 4) is 0 Å². The third-order valence-corrected chi connectivity index (χ3v) is 4.33. The monoisotopic (exact) mass is 249 g/mol. The third kappa shape index (κ3) is 2.92. The van der Waals surface area contributed by atoms with Gasteiger partial charge < -0.3 is 5.73 Å². The summed E-state index contributed by atoms with van der Waals surface area (Å²) in [6, 6.07) is 5.41. The van der Waals surface area contributed by atoms with Crippen LogP contribution in [-0.4, -0.2) is 6.54 Å². The summed E-state index contributed by atoms with van der Waals surface area (Å²) in [6.45, 7) is 7.27. The number of halogens is 1. The Morgan fingerprint density at radius 1 is 1.33 bits per heavy atom. The zero-order valence-corrected chi connectivity index (χ0v) is 11.7. The van der Waals surface area contributed by atoms with Gasteiger partial charge in [0.15, 0.2) is 0 Å². The van der Waals surface area contributed by atoms with Gasteiger partial charge in [0.1, 0.15) is 5.82 Å². The van der Waals surface area contributed by atoms with Crippen LogP contribution in [0.3, 0.4) is 0 Å². The molecular weight excluding hydrogens is 225 g/mol. The Bertz CT molecular complexity index is 405. The second-order valence-corrected chi connectivity index (χ2v) is 6.57. The molecule has 1 saturated carbocycles. The number of rotatable bonds is 2. The first kappa shape index (κ1) is 13.5. The van der Waals surface area contributed by atoms with Crippen LogP contribution in [0.15, 0.2) is 18.2 Å². The number of nitrogens with two attached hydrogens (primary N) is 1. The van der Waals surface area contributed by atoms with Crippen LogP contribution in [0.25, 0.3) is 0 Å². The summed E-state index contributed by atoms with van der Waals surface area (Å²) in [5.74, 6) is 0.788. The number of benzene rings is 1. The van der Waals surface area contributed by atoms with Crippen LogP contribution >= 0.6 is 0 Å². The van der Waals surface area contributed by atoms with Gasteiger partial charge in [-0.25, -0.2) is 4.39 Å². The van der Waals surface area contributed by atoms with E-state index in [0.29, 0.717) is 23.8 Å². The Labute approximate surface area is 110 Å². The van der Waals surface area contributed by atoms with Crippen molar-refractivity contribution in [1.29, 1.82) is 0 Å². The molecule has 18 heavy (non-hydrogen) atoms. The molecule has 100 valence electrons. The fourth-order valence-corrected chi connectivity index (χ4v) is 3.29. The lowest BCUT2D eigenvalue weighted by Gasteiger charge is -2.41. The van der Waals surface area contributed by atoms with E-state index in [-0.39, 0.29) is 5.82 Å². The quantitative estimate of drug-likeness (QED) is 0.842. The van der Waals surface area contributed by atoms with E-state index in [1.807, 2.05) is 6.92 Å². The molecule has 1 aliphatic rings. The highest BCUT2D eigenvalue weighted by molar-refractivity contribution is 5.28. The number of hydrogen-bond donors (Lipinski definition) is 1. The zero-order valence-electron chi connectivity index (χ0n) is 11.7. The van der Waals surface area contributed by atoms with Gasteiger partial charge in [0.05, 0.1) is 0 Å². The third-order valence-electron chi connectivity index (χ3n) is 4.33. The Kier molecular flexibility index (Phi) is 3.76. The maximum absolute atomic E-state index is 13.6. The molecule has 2 unspecified atom stereocenters. The van der Waals surface area contributed by atoms with Gasteiger partial charge in [-0.1, -0.05) is 19.9 Å². The molecule has 1 nitrogen and oxygen atoms in total. The summed E-state index contributed by atoms with van der Waals surface area (Å²) in [5, 5.41) is 0. The minimum Gasteiger partial charge on any atom is -0.330 e. The normalized spacial score (nSPS) is 27.2. The maximum Gasteiger partial charge on any atom is 0.123 e. The second kappa shape index (κ2) is 5.00. The van der Waals surface area contributed by atoms with Gasteiger partial charge in [0.2, 0.25) is 0 Å². The highest BCUT2D eigenvalue weighted by atomic mass is 19.1. The van der Waals surface area contributed by atoms with Crippen LogP contribution in [0.5, 0.6) is 0 Å². The van der Waals surface area contributed by atoms with E-state index < -0.39 is 0 Å². The molecule has 0 spiro atoms. The van der Waals surface area contributed by atoms with E-state index in [1.165, 1.54) is 6.42 Å². The first-order valence-electron chi connectivity index (χ1n) is 6.88. The van der Waals surface area contributed by atoms with Crippen molar-refractivity contribution in [3.05, 3.63) is 35.1 Å². The number of aryl methyl sites for hydroxylation is 1. The average molecular weight is 249 g/mol. The molecule has 2 heteroatoms. The van der Waals surface area contributed by atoms with Gasteiger partial charge >= 0.3 is 0 Å². The lowest BCUT2D eigenvalue weighted by Crippen LogP contribution is -2.32. The van der Waals surface area contributed by atoms with Crippen LogP contribution in [0, 0.1) is 24.1 Å². The van der Waals surface area contributed by atoms with Crippen LogP contribution in [0.2, 0.25) is 0 Å². The van der Waals surface area contributed by atoms with Crippen molar-refractivity contribution in [2.24, 2.45) is 17.1 Å². The summed E-state index contributed by atoms with van der Waals surface area (Å²) in [5.41, 5.74) is 8.38. The minimum atomic E-state index is -0.121. The predicted octanol–water partition coefficient (Wildman–Crippen LogP) is 4.00. The van der Waals surface area contributed by atoms with Gasteiger partial charge in [-0.3, -0.25) is 0 Å². The Morgan fingerprint density at radius 3 is 2.67 bits per heavy atom. The molecule has 0 saturated heterocycles. The first-order chi connectivity index (χ1) is 8.41. The van der Waals surface area contributed by atoms with E-state index in [4.69, 9.17) is 5.73 Å². The fraction of sp³-hybridized carbons (Fsp3) is 0.625. The molecule has 2 atom stereocenters. The number of hydrogen-bond acceptors (Lipinski definition) is 1. The summed E-state index contributed by atoms with van der Waals surface area (Å²) < 4.78 is 13.6. The standard InChI is InChI=1S/C16H24FN/c1-11-6-13(8-14(17)7-11)15-9-16(2,3)5-4-12(15)10-18/h6-8,12,15H,4-5,9-10,18H2,1-3H3. The van der Waals surface area contributed by atoms with Crippen LogP contribution in [0.4, 0.5) is 4.39 Å². The van der Waals surface area contributed by atoms with Crippen molar-refractivity contribution in [1.82, 2.24) is 0 Å². The summed E-state index contributed by atoms with van der Waals surface area (Å²) in [4.78, 5) is 0. The van der Waals surface area contributed by atoms with E-state index in [1.54, 1.807) is 12.1 Å². The van der Waals surface area contributed by atoms with Gasteiger partial charge in [-0.2, -0.15) is 0 Å². The van der Waals surface area contributed by atoms with Crippen molar-refractivity contribution in [2.45, 2.75) is 46.0 Å². The average Bonchev–Trinajstić information content (AvgIpc) is 2.26. The molecule has 0 bridgehead atoms. The minimum absolute atomic E-state index is 0.121. The van der Waals surface area contributed by atoms with E-state index in [0.717, 1.165) is 24.0 Å². The molecule has 1 aromatic rings. The maximum atomic E-state index is 13.6. The second-order valence-electron chi connectivity index (χ2n) is 6.57.